The summed E-state index contributed by atoms with van der Waals surface area (Å²) < 4.78 is 10.8. The fourth-order valence-electron chi connectivity index (χ4n) is 2.98. The third kappa shape index (κ3) is 1.38. The van der Waals surface area contributed by atoms with Gasteiger partial charge in [0.15, 0.2) is 12.2 Å². The van der Waals surface area contributed by atoms with Gasteiger partial charge >= 0.3 is 11.9 Å². The van der Waals surface area contributed by atoms with Gasteiger partial charge in [0, 0.05) is 10.8 Å². The second-order valence-electron chi connectivity index (χ2n) is 5.00. The minimum atomic E-state index is -0.394. The molecule has 3 saturated heterocycles. The zero-order valence-electron chi connectivity index (χ0n) is 9.71. The first-order valence-corrected chi connectivity index (χ1v) is 6.67. The Hall–Kier alpha value is -0.970. The summed E-state index contributed by atoms with van der Waals surface area (Å²) in [5.74, 6) is -0.305. The molecule has 0 amide bonds. The van der Waals surface area contributed by atoms with Crippen molar-refractivity contribution in [2.45, 2.75) is 36.6 Å². The molecule has 0 radical (unpaired) electrons. The molecule has 92 valence electrons. The first kappa shape index (κ1) is 11.1. The van der Waals surface area contributed by atoms with Crippen LogP contribution in [0, 0.1) is 11.8 Å². The molecule has 5 heteroatoms. The van der Waals surface area contributed by atoms with E-state index in [2.05, 4.69) is 6.58 Å². The molecule has 2 bridgehead atoms. The molecule has 3 aliphatic heterocycles. The average Bonchev–Trinajstić information content (AvgIpc) is 2.82. The van der Waals surface area contributed by atoms with E-state index in [-0.39, 0.29) is 40.5 Å². The molecule has 3 heterocycles. The molecule has 0 aromatic heterocycles. The summed E-state index contributed by atoms with van der Waals surface area (Å²) in [6.07, 6.45) is -0.547. The highest BCUT2D eigenvalue weighted by atomic mass is 32.2. The van der Waals surface area contributed by atoms with Crippen molar-refractivity contribution >= 4 is 23.7 Å². The fourth-order valence-corrected chi connectivity index (χ4v) is 5.02. The van der Waals surface area contributed by atoms with Crippen LogP contribution >= 0.6 is 11.8 Å². The zero-order valence-corrected chi connectivity index (χ0v) is 10.5. The number of ether oxygens (including phenoxy) is 2. The lowest BCUT2D eigenvalue weighted by molar-refractivity contribution is -0.156. The van der Waals surface area contributed by atoms with Crippen LogP contribution in [-0.4, -0.2) is 34.6 Å². The van der Waals surface area contributed by atoms with E-state index in [1.165, 1.54) is 0 Å². The number of fused-ring (bicyclic) bond motifs is 1. The van der Waals surface area contributed by atoms with E-state index in [0.29, 0.717) is 5.57 Å². The predicted octanol–water partition coefficient (Wildman–Crippen LogP) is 1.15. The van der Waals surface area contributed by atoms with Gasteiger partial charge in [0.25, 0.3) is 0 Å². The number of carbonyl (C=O) groups is 2. The quantitative estimate of drug-likeness (QED) is 0.546. The molecule has 0 aromatic rings. The summed E-state index contributed by atoms with van der Waals surface area (Å²) in [6.45, 7) is 7.22. The first-order chi connectivity index (χ1) is 8.00. The van der Waals surface area contributed by atoms with Crippen molar-refractivity contribution in [3.63, 3.8) is 0 Å². The summed E-state index contributed by atoms with van der Waals surface area (Å²) in [4.78, 5) is 23.2. The summed E-state index contributed by atoms with van der Waals surface area (Å²) in [6, 6.07) is 0. The molecule has 0 N–H and O–H groups in total. The maximum Gasteiger partial charge on any atom is 0.333 e. The van der Waals surface area contributed by atoms with Crippen molar-refractivity contribution in [1.29, 1.82) is 0 Å². The molecule has 6 unspecified atom stereocenters. The van der Waals surface area contributed by atoms with Gasteiger partial charge in [-0.25, -0.2) is 4.79 Å². The summed E-state index contributed by atoms with van der Waals surface area (Å²) in [5.41, 5.74) is 0.381. The Morgan fingerprint density at radius 1 is 1.47 bits per heavy atom. The van der Waals surface area contributed by atoms with Gasteiger partial charge in [-0.2, -0.15) is 0 Å². The Morgan fingerprint density at radius 2 is 2.18 bits per heavy atom. The number of hydrogen-bond acceptors (Lipinski definition) is 5. The topological polar surface area (TPSA) is 52.6 Å². The smallest absolute Gasteiger partial charge is 0.333 e. The van der Waals surface area contributed by atoms with Crippen molar-refractivity contribution in [1.82, 2.24) is 0 Å². The van der Waals surface area contributed by atoms with Crippen LogP contribution in [0.3, 0.4) is 0 Å². The molecule has 4 nitrogen and oxygen atoms in total. The number of esters is 2. The summed E-state index contributed by atoms with van der Waals surface area (Å²) >= 11 is 1.73. The fraction of sp³-hybridized carbons (Fsp3) is 0.667. The van der Waals surface area contributed by atoms with E-state index in [4.69, 9.17) is 9.47 Å². The zero-order chi connectivity index (χ0) is 12.3. The van der Waals surface area contributed by atoms with E-state index >= 15 is 0 Å². The largest absolute Gasteiger partial charge is 0.457 e. The van der Waals surface area contributed by atoms with Crippen molar-refractivity contribution in [2.24, 2.45) is 11.8 Å². The average molecular weight is 254 g/mol. The van der Waals surface area contributed by atoms with Crippen LogP contribution in [0.25, 0.3) is 0 Å². The molecule has 0 spiro atoms. The van der Waals surface area contributed by atoms with Gasteiger partial charge in [0.05, 0.1) is 11.2 Å². The maximum absolute atomic E-state index is 11.7. The van der Waals surface area contributed by atoms with Crippen molar-refractivity contribution in [3.8, 4) is 0 Å². The molecule has 3 aliphatic rings. The number of rotatable bonds is 2. The monoisotopic (exact) mass is 254 g/mol. The molecule has 6 atom stereocenters. The maximum atomic E-state index is 11.7. The summed E-state index contributed by atoms with van der Waals surface area (Å²) in [7, 11) is 0. The van der Waals surface area contributed by atoms with Gasteiger partial charge in [-0.15, -0.1) is 11.8 Å². The van der Waals surface area contributed by atoms with Crippen molar-refractivity contribution < 1.29 is 19.1 Å². The van der Waals surface area contributed by atoms with E-state index in [1.807, 2.05) is 6.92 Å². The second kappa shape index (κ2) is 3.51. The van der Waals surface area contributed by atoms with E-state index in [1.54, 1.807) is 18.7 Å². The van der Waals surface area contributed by atoms with Gasteiger partial charge in [-0.1, -0.05) is 13.5 Å². The molecule has 3 fully saturated rings. The SMILES string of the molecule is C=C(C)C(=O)OC1C2OC(=O)C3C(C)C1SC23. The third-order valence-corrected chi connectivity index (χ3v) is 5.73. The van der Waals surface area contributed by atoms with Gasteiger partial charge in [-0.05, 0) is 12.8 Å². The first-order valence-electron chi connectivity index (χ1n) is 5.73. The number of carbonyl (C=O) groups excluding carboxylic acids is 2. The van der Waals surface area contributed by atoms with Crippen molar-refractivity contribution in [2.75, 3.05) is 0 Å². The van der Waals surface area contributed by atoms with Gasteiger partial charge < -0.3 is 9.47 Å². The minimum Gasteiger partial charge on any atom is -0.457 e. The lowest BCUT2D eigenvalue weighted by Crippen LogP contribution is -2.44. The van der Waals surface area contributed by atoms with Crippen LogP contribution < -0.4 is 0 Å². The van der Waals surface area contributed by atoms with Crippen LogP contribution in [0.5, 0.6) is 0 Å². The van der Waals surface area contributed by atoms with Crippen LogP contribution in [0.2, 0.25) is 0 Å². The van der Waals surface area contributed by atoms with Gasteiger partial charge in [-0.3, -0.25) is 4.79 Å². The molecular formula is C12H14O4S. The standard InChI is InChI=1S/C12H14O4S/c1-4(2)11(13)15-7-8-10-6(12(14)16-8)5(3)9(7)17-10/h5-10H,1H2,2-3H3. The molecule has 0 saturated carbocycles. The molecule has 3 rings (SSSR count). The van der Waals surface area contributed by atoms with Gasteiger partial charge in [0.2, 0.25) is 0 Å². The minimum absolute atomic E-state index is 0.00483. The molecular weight excluding hydrogens is 240 g/mol. The Bertz CT molecular complexity index is 419. The Kier molecular flexibility index (Phi) is 2.30. The second-order valence-corrected chi connectivity index (χ2v) is 6.36. The Labute approximate surface area is 104 Å². The van der Waals surface area contributed by atoms with Crippen LogP contribution in [0.15, 0.2) is 12.2 Å². The number of thioether (sulfide) groups is 1. The lowest BCUT2D eigenvalue weighted by atomic mass is 9.80. The van der Waals surface area contributed by atoms with Crippen LogP contribution in [0.4, 0.5) is 0 Å². The molecule has 17 heavy (non-hydrogen) atoms. The highest BCUT2D eigenvalue weighted by Gasteiger charge is 2.67. The normalized spacial score (nSPS) is 45.9. The highest BCUT2D eigenvalue weighted by Crippen LogP contribution is 2.58. The molecule has 0 aliphatic carbocycles. The Morgan fingerprint density at radius 3 is 2.82 bits per heavy atom. The number of hydrogen-bond donors (Lipinski definition) is 0. The highest BCUT2D eigenvalue weighted by molar-refractivity contribution is 8.01. The van der Waals surface area contributed by atoms with E-state index < -0.39 is 5.97 Å². The predicted molar refractivity (Wildman–Crippen MR) is 62.4 cm³/mol. The lowest BCUT2D eigenvalue weighted by Gasteiger charge is -2.27. The van der Waals surface area contributed by atoms with E-state index in [0.717, 1.165) is 0 Å². The van der Waals surface area contributed by atoms with Crippen molar-refractivity contribution in [3.05, 3.63) is 12.2 Å². The molecule has 0 aromatic carbocycles. The summed E-state index contributed by atoms with van der Waals surface area (Å²) in [5, 5.41) is 0.357. The van der Waals surface area contributed by atoms with E-state index in [9.17, 15) is 9.59 Å². The van der Waals surface area contributed by atoms with Crippen LogP contribution in [0.1, 0.15) is 13.8 Å². The Balaban J connectivity index is 1.83. The third-order valence-electron chi connectivity index (χ3n) is 3.84. The van der Waals surface area contributed by atoms with Crippen LogP contribution in [-0.2, 0) is 19.1 Å². The van der Waals surface area contributed by atoms with Gasteiger partial charge in [0.1, 0.15) is 0 Å².